The number of nitro groups is 1. The number of rotatable bonds is 5. The van der Waals surface area contributed by atoms with E-state index in [1.807, 2.05) is 25.1 Å². The van der Waals surface area contributed by atoms with Crippen LogP contribution in [0.4, 0.5) is 17.1 Å². The highest BCUT2D eigenvalue weighted by atomic mass is 79.9. The van der Waals surface area contributed by atoms with Crippen molar-refractivity contribution in [2.24, 2.45) is 0 Å². The van der Waals surface area contributed by atoms with E-state index in [1.165, 1.54) is 12.1 Å². The molecule has 0 aromatic heterocycles. The second-order valence-electron chi connectivity index (χ2n) is 5.14. The van der Waals surface area contributed by atoms with Gasteiger partial charge in [0.15, 0.2) is 0 Å². The van der Waals surface area contributed by atoms with Gasteiger partial charge in [0.05, 0.1) is 11.5 Å². The van der Waals surface area contributed by atoms with Crippen LogP contribution in [0.25, 0.3) is 0 Å². The Morgan fingerprint density at radius 1 is 1.17 bits per heavy atom. The van der Waals surface area contributed by atoms with Gasteiger partial charge in [-0.15, -0.1) is 0 Å². The minimum atomic E-state index is -0.505. The van der Waals surface area contributed by atoms with E-state index in [4.69, 9.17) is 0 Å². The average molecular weight is 378 g/mol. The first-order valence-corrected chi connectivity index (χ1v) is 7.71. The highest BCUT2D eigenvalue weighted by Crippen LogP contribution is 2.25. The molecular weight excluding hydrogens is 362 g/mol. The van der Waals surface area contributed by atoms with Gasteiger partial charge in [-0.3, -0.25) is 14.9 Å². The first-order valence-electron chi connectivity index (χ1n) is 6.92. The second kappa shape index (κ2) is 7.23. The summed E-state index contributed by atoms with van der Waals surface area (Å²) < 4.78 is 0.959. The molecule has 2 aromatic rings. The molecule has 0 atom stereocenters. The lowest BCUT2D eigenvalue weighted by Gasteiger charge is -2.11. The van der Waals surface area contributed by atoms with Crippen molar-refractivity contribution in [3.05, 3.63) is 62.1 Å². The summed E-state index contributed by atoms with van der Waals surface area (Å²) >= 11 is 3.38. The Balaban J connectivity index is 2.04. The number of carbonyl (C=O) groups is 1. The van der Waals surface area contributed by atoms with Gasteiger partial charge in [-0.05, 0) is 49.2 Å². The van der Waals surface area contributed by atoms with E-state index in [1.54, 1.807) is 13.0 Å². The number of nitrogens with zero attached hydrogens (tertiary/aromatic N) is 1. The van der Waals surface area contributed by atoms with E-state index in [0.717, 1.165) is 21.3 Å². The third-order valence-corrected chi connectivity index (χ3v) is 3.75. The summed E-state index contributed by atoms with van der Waals surface area (Å²) in [5.41, 5.74) is 2.67. The fourth-order valence-electron chi connectivity index (χ4n) is 2.09. The fourth-order valence-corrected chi connectivity index (χ4v) is 2.57. The van der Waals surface area contributed by atoms with Crippen LogP contribution in [0.3, 0.4) is 0 Å². The monoisotopic (exact) mass is 377 g/mol. The summed E-state index contributed by atoms with van der Waals surface area (Å²) in [6, 6.07) is 10.4. The molecule has 0 saturated heterocycles. The maximum Gasteiger partial charge on any atom is 0.293 e. The van der Waals surface area contributed by atoms with Gasteiger partial charge < -0.3 is 10.6 Å². The number of nitrogens with one attached hydrogen (secondary N) is 2. The van der Waals surface area contributed by atoms with Crippen LogP contribution in [0.1, 0.15) is 11.1 Å². The van der Waals surface area contributed by atoms with Gasteiger partial charge in [0.1, 0.15) is 5.69 Å². The largest absolute Gasteiger partial charge is 0.376 e. The van der Waals surface area contributed by atoms with Crippen molar-refractivity contribution in [1.29, 1.82) is 0 Å². The summed E-state index contributed by atoms with van der Waals surface area (Å²) in [7, 11) is 0. The second-order valence-corrected chi connectivity index (χ2v) is 6.05. The van der Waals surface area contributed by atoms with Gasteiger partial charge in [0, 0.05) is 16.2 Å². The number of nitro benzene ring substituents is 1. The Bertz CT molecular complexity index is 762. The molecule has 0 bridgehead atoms. The van der Waals surface area contributed by atoms with Crippen molar-refractivity contribution in [3.63, 3.8) is 0 Å². The number of carbonyl (C=O) groups excluding carboxylic acids is 1. The molecule has 120 valence electrons. The Kier molecular flexibility index (Phi) is 5.33. The molecule has 2 aromatic carbocycles. The van der Waals surface area contributed by atoms with Crippen molar-refractivity contribution in [3.8, 4) is 0 Å². The van der Waals surface area contributed by atoms with E-state index < -0.39 is 4.92 Å². The van der Waals surface area contributed by atoms with Crippen molar-refractivity contribution in [2.45, 2.75) is 13.8 Å². The van der Waals surface area contributed by atoms with Crippen LogP contribution < -0.4 is 10.6 Å². The molecule has 0 aliphatic rings. The van der Waals surface area contributed by atoms with E-state index in [2.05, 4.69) is 26.6 Å². The van der Waals surface area contributed by atoms with Crippen molar-refractivity contribution < 1.29 is 9.72 Å². The third-order valence-electron chi connectivity index (χ3n) is 3.25. The van der Waals surface area contributed by atoms with Crippen molar-refractivity contribution in [2.75, 3.05) is 17.2 Å². The average Bonchev–Trinajstić information content (AvgIpc) is 2.48. The minimum absolute atomic E-state index is 0.0213. The molecule has 2 N–H and O–H groups in total. The zero-order chi connectivity index (χ0) is 17.0. The molecule has 2 rings (SSSR count). The van der Waals surface area contributed by atoms with E-state index in [9.17, 15) is 14.9 Å². The SMILES string of the molecule is Cc1ccc(NC(=O)CNc2ccc(Br)cc2C)c([N+](=O)[O-])c1. The van der Waals surface area contributed by atoms with E-state index >= 15 is 0 Å². The maximum absolute atomic E-state index is 12.0. The lowest BCUT2D eigenvalue weighted by molar-refractivity contribution is -0.384. The summed E-state index contributed by atoms with van der Waals surface area (Å²) in [4.78, 5) is 22.6. The standard InChI is InChI=1S/C16H16BrN3O3/c1-10-3-5-14(15(7-10)20(22)23)19-16(21)9-18-13-6-4-12(17)8-11(13)2/h3-8,18H,9H2,1-2H3,(H,19,21). The normalized spacial score (nSPS) is 10.2. The molecule has 6 nitrogen and oxygen atoms in total. The number of hydrogen-bond acceptors (Lipinski definition) is 4. The Labute approximate surface area is 142 Å². The van der Waals surface area contributed by atoms with Gasteiger partial charge in [-0.2, -0.15) is 0 Å². The lowest BCUT2D eigenvalue weighted by atomic mass is 10.2. The summed E-state index contributed by atoms with van der Waals surface area (Å²) in [6.45, 7) is 3.71. The third kappa shape index (κ3) is 4.53. The molecule has 0 fully saturated rings. The molecule has 1 amide bonds. The Morgan fingerprint density at radius 2 is 1.87 bits per heavy atom. The minimum Gasteiger partial charge on any atom is -0.376 e. The number of hydrogen-bond donors (Lipinski definition) is 2. The maximum atomic E-state index is 12.0. The molecule has 0 aliphatic heterocycles. The number of anilines is 2. The van der Waals surface area contributed by atoms with Crippen LogP contribution in [0.15, 0.2) is 40.9 Å². The smallest absolute Gasteiger partial charge is 0.293 e. The number of amides is 1. The molecule has 7 heteroatoms. The van der Waals surface area contributed by atoms with Crippen LogP contribution in [0.2, 0.25) is 0 Å². The highest BCUT2D eigenvalue weighted by Gasteiger charge is 2.15. The fraction of sp³-hybridized carbons (Fsp3) is 0.188. The van der Waals surface area contributed by atoms with Crippen LogP contribution >= 0.6 is 15.9 Å². The van der Waals surface area contributed by atoms with Crippen molar-refractivity contribution in [1.82, 2.24) is 0 Å². The first kappa shape index (κ1) is 17.0. The van der Waals surface area contributed by atoms with E-state index in [-0.39, 0.29) is 23.8 Å². The van der Waals surface area contributed by atoms with Crippen LogP contribution in [-0.4, -0.2) is 17.4 Å². The topological polar surface area (TPSA) is 84.3 Å². The van der Waals surface area contributed by atoms with Gasteiger partial charge in [0.2, 0.25) is 5.91 Å². The Morgan fingerprint density at radius 3 is 2.52 bits per heavy atom. The summed E-state index contributed by atoms with van der Waals surface area (Å²) in [5.74, 6) is -0.348. The van der Waals surface area contributed by atoms with Gasteiger partial charge >= 0.3 is 0 Å². The molecule has 23 heavy (non-hydrogen) atoms. The zero-order valence-electron chi connectivity index (χ0n) is 12.7. The predicted molar refractivity (Wildman–Crippen MR) is 93.8 cm³/mol. The van der Waals surface area contributed by atoms with Gasteiger partial charge in [-0.1, -0.05) is 22.0 Å². The van der Waals surface area contributed by atoms with Gasteiger partial charge in [0.25, 0.3) is 5.69 Å². The summed E-state index contributed by atoms with van der Waals surface area (Å²) in [6.07, 6.45) is 0. The van der Waals surface area contributed by atoms with Crippen LogP contribution in [0.5, 0.6) is 0 Å². The highest BCUT2D eigenvalue weighted by molar-refractivity contribution is 9.10. The molecular formula is C16H16BrN3O3. The number of benzene rings is 2. The Hall–Kier alpha value is -2.41. The van der Waals surface area contributed by atoms with E-state index in [0.29, 0.717) is 0 Å². The van der Waals surface area contributed by atoms with Gasteiger partial charge in [-0.25, -0.2) is 0 Å². The molecule has 0 heterocycles. The molecule has 0 unspecified atom stereocenters. The molecule has 0 aliphatic carbocycles. The molecule has 0 saturated carbocycles. The molecule has 0 spiro atoms. The first-order chi connectivity index (χ1) is 10.9. The lowest BCUT2D eigenvalue weighted by Crippen LogP contribution is -2.22. The van der Waals surface area contributed by atoms with Crippen molar-refractivity contribution >= 4 is 38.9 Å². The number of aryl methyl sites for hydroxylation is 2. The van der Waals surface area contributed by atoms with Crippen LogP contribution in [0, 0.1) is 24.0 Å². The predicted octanol–water partition coefficient (Wildman–Crippen LogP) is 4.02. The number of halogens is 1. The summed E-state index contributed by atoms with van der Waals surface area (Å²) in [5, 5.41) is 16.6. The van der Waals surface area contributed by atoms with Crippen LogP contribution in [-0.2, 0) is 4.79 Å². The quantitative estimate of drug-likeness (QED) is 0.608. The zero-order valence-corrected chi connectivity index (χ0v) is 14.3. The molecule has 0 radical (unpaired) electrons.